The van der Waals surface area contributed by atoms with Crippen molar-refractivity contribution < 1.29 is 18.4 Å². The van der Waals surface area contributed by atoms with E-state index in [1.54, 1.807) is 24.4 Å². The van der Waals surface area contributed by atoms with Crippen molar-refractivity contribution in [3.05, 3.63) is 59.9 Å². The molecule has 0 unspecified atom stereocenters. The van der Waals surface area contributed by atoms with E-state index >= 15 is 0 Å². The van der Waals surface area contributed by atoms with E-state index in [0.29, 0.717) is 5.69 Å². The Hall–Kier alpha value is -2.83. The number of nitrogens with one attached hydrogen (secondary N) is 2. The molecule has 2 amide bonds. The molecule has 2 N–H and O–H groups in total. The summed E-state index contributed by atoms with van der Waals surface area (Å²) in [6.07, 6.45) is 1.58. The number of hydrogen-bond donors (Lipinski definition) is 2. The zero-order valence-electron chi connectivity index (χ0n) is 13.2. The first-order valence-electron chi connectivity index (χ1n) is 7.37. The van der Waals surface area contributed by atoms with E-state index in [2.05, 4.69) is 10.3 Å². The molecule has 1 heterocycles. The number of aromatic nitrogens is 1. The van der Waals surface area contributed by atoms with Crippen molar-refractivity contribution in [2.45, 2.75) is 19.9 Å². The van der Waals surface area contributed by atoms with Gasteiger partial charge in [-0.1, -0.05) is 26.0 Å². The Labute approximate surface area is 138 Å². The first-order valence-corrected chi connectivity index (χ1v) is 7.37. The average Bonchev–Trinajstić information content (AvgIpc) is 2.56. The molecule has 0 radical (unpaired) electrons. The van der Waals surface area contributed by atoms with Crippen LogP contribution in [0, 0.1) is 17.6 Å². The van der Waals surface area contributed by atoms with Crippen LogP contribution in [-0.4, -0.2) is 16.8 Å². The zero-order valence-corrected chi connectivity index (χ0v) is 13.2. The first-order chi connectivity index (χ1) is 11.4. The Morgan fingerprint density at radius 3 is 2.21 bits per heavy atom. The number of carbonyl (C=O) groups excluding carboxylic acids is 2. The summed E-state index contributed by atoms with van der Waals surface area (Å²) in [7, 11) is 0. The van der Waals surface area contributed by atoms with Gasteiger partial charge in [-0.25, -0.2) is 8.78 Å². The van der Waals surface area contributed by atoms with E-state index in [9.17, 15) is 18.4 Å². The molecule has 7 heteroatoms. The lowest BCUT2D eigenvalue weighted by Gasteiger charge is -2.21. The molecule has 0 bridgehead atoms. The summed E-state index contributed by atoms with van der Waals surface area (Å²) < 4.78 is 27.1. The maximum Gasteiger partial charge on any atom is 0.313 e. The van der Waals surface area contributed by atoms with E-state index in [-0.39, 0.29) is 5.92 Å². The molecule has 0 aliphatic rings. The average molecular weight is 333 g/mol. The molecular weight excluding hydrogens is 316 g/mol. The molecule has 0 saturated carbocycles. The molecule has 2 rings (SSSR count). The van der Waals surface area contributed by atoms with Crippen LogP contribution in [0.3, 0.4) is 0 Å². The van der Waals surface area contributed by atoms with E-state index in [1.807, 2.05) is 19.2 Å². The molecule has 1 atom stereocenters. The van der Waals surface area contributed by atoms with E-state index in [0.717, 1.165) is 18.2 Å². The minimum Gasteiger partial charge on any atom is -0.339 e. The number of nitrogens with zero attached hydrogens (tertiary/aromatic N) is 1. The van der Waals surface area contributed by atoms with Crippen LogP contribution in [-0.2, 0) is 9.59 Å². The third kappa shape index (κ3) is 4.13. The fraction of sp³-hybridized carbons (Fsp3) is 0.235. The second-order valence-corrected chi connectivity index (χ2v) is 5.50. The number of para-hydroxylation sites is 1. The van der Waals surface area contributed by atoms with Crippen molar-refractivity contribution in [1.82, 2.24) is 10.3 Å². The lowest BCUT2D eigenvalue weighted by Crippen LogP contribution is -2.40. The van der Waals surface area contributed by atoms with Crippen molar-refractivity contribution in [1.29, 1.82) is 0 Å². The Morgan fingerprint density at radius 2 is 1.67 bits per heavy atom. The number of amides is 2. The van der Waals surface area contributed by atoms with Crippen molar-refractivity contribution >= 4 is 17.5 Å². The summed E-state index contributed by atoms with van der Waals surface area (Å²) in [5, 5.41) is 4.49. The van der Waals surface area contributed by atoms with Crippen LogP contribution in [0.5, 0.6) is 0 Å². The number of anilines is 1. The molecule has 0 aliphatic carbocycles. The topological polar surface area (TPSA) is 71.1 Å². The summed E-state index contributed by atoms with van der Waals surface area (Å²) in [4.78, 5) is 28.2. The fourth-order valence-electron chi connectivity index (χ4n) is 2.14. The highest BCUT2D eigenvalue weighted by molar-refractivity contribution is 6.39. The van der Waals surface area contributed by atoms with Crippen LogP contribution in [0.2, 0.25) is 0 Å². The van der Waals surface area contributed by atoms with Gasteiger partial charge in [-0.05, 0) is 30.2 Å². The van der Waals surface area contributed by atoms with Crippen LogP contribution >= 0.6 is 0 Å². The normalized spacial score (nSPS) is 11.9. The van der Waals surface area contributed by atoms with E-state index in [1.165, 1.54) is 0 Å². The lowest BCUT2D eigenvalue weighted by molar-refractivity contribution is -0.136. The van der Waals surface area contributed by atoms with Crippen molar-refractivity contribution in [2.24, 2.45) is 5.92 Å². The molecule has 0 saturated heterocycles. The van der Waals surface area contributed by atoms with Gasteiger partial charge in [0.1, 0.15) is 17.3 Å². The number of halogens is 2. The maximum atomic E-state index is 13.5. The van der Waals surface area contributed by atoms with Crippen LogP contribution in [0.15, 0.2) is 42.6 Å². The summed E-state index contributed by atoms with van der Waals surface area (Å²) in [5.41, 5.74) is -0.0673. The van der Waals surface area contributed by atoms with Gasteiger partial charge in [0.15, 0.2) is 0 Å². The Morgan fingerprint density at radius 1 is 1.00 bits per heavy atom. The molecule has 24 heavy (non-hydrogen) atoms. The smallest absolute Gasteiger partial charge is 0.313 e. The predicted octanol–water partition coefficient (Wildman–Crippen LogP) is 2.81. The predicted molar refractivity (Wildman–Crippen MR) is 84.9 cm³/mol. The third-order valence-electron chi connectivity index (χ3n) is 3.37. The highest BCUT2D eigenvalue weighted by Crippen LogP contribution is 2.20. The minimum atomic E-state index is -1.15. The van der Waals surface area contributed by atoms with Crippen LogP contribution in [0.25, 0.3) is 0 Å². The van der Waals surface area contributed by atoms with Crippen LogP contribution in [0.1, 0.15) is 25.6 Å². The standard InChI is InChI=1S/C17H17F2N3O2/c1-10(2)14(13-8-3-4-9-20-13)21-16(23)17(24)22-15-11(18)6-5-7-12(15)19/h3-10,14H,1-2H3,(H,21,23)(H,22,24)/t14-/m1/s1. The fourth-order valence-corrected chi connectivity index (χ4v) is 2.14. The molecule has 1 aromatic heterocycles. The number of hydrogen-bond acceptors (Lipinski definition) is 3. The maximum absolute atomic E-state index is 13.5. The van der Waals surface area contributed by atoms with Crippen molar-refractivity contribution in [3.63, 3.8) is 0 Å². The highest BCUT2D eigenvalue weighted by atomic mass is 19.1. The third-order valence-corrected chi connectivity index (χ3v) is 3.37. The van der Waals surface area contributed by atoms with Gasteiger partial charge in [0, 0.05) is 6.20 Å². The SMILES string of the molecule is CC(C)[C@@H](NC(=O)C(=O)Nc1c(F)cccc1F)c1ccccn1. The summed E-state index contributed by atoms with van der Waals surface area (Å²) >= 11 is 0. The molecule has 2 aromatic rings. The molecular formula is C17H17F2N3O2. The number of benzene rings is 1. The van der Waals surface area contributed by atoms with Crippen LogP contribution in [0.4, 0.5) is 14.5 Å². The molecule has 126 valence electrons. The Balaban J connectivity index is 2.11. The summed E-state index contributed by atoms with van der Waals surface area (Å²) in [5.74, 6) is -4.10. The van der Waals surface area contributed by atoms with Gasteiger partial charge in [-0.15, -0.1) is 0 Å². The van der Waals surface area contributed by atoms with Gasteiger partial charge in [-0.2, -0.15) is 0 Å². The summed E-state index contributed by atoms with van der Waals surface area (Å²) in [6, 6.07) is 7.85. The second kappa shape index (κ2) is 7.63. The first kappa shape index (κ1) is 17.5. The second-order valence-electron chi connectivity index (χ2n) is 5.50. The van der Waals surface area contributed by atoms with Gasteiger partial charge in [0.05, 0.1) is 11.7 Å². The van der Waals surface area contributed by atoms with E-state index < -0.39 is 35.2 Å². The van der Waals surface area contributed by atoms with E-state index in [4.69, 9.17) is 0 Å². The van der Waals surface area contributed by atoms with Gasteiger partial charge >= 0.3 is 11.8 Å². The molecule has 0 fully saturated rings. The number of carbonyl (C=O) groups is 2. The minimum absolute atomic E-state index is 0.0400. The van der Waals surface area contributed by atoms with Crippen molar-refractivity contribution in [2.75, 3.05) is 5.32 Å². The molecule has 0 spiro atoms. The lowest BCUT2D eigenvalue weighted by atomic mass is 10.0. The van der Waals surface area contributed by atoms with Crippen LogP contribution < -0.4 is 10.6 Å². The number of rotatable bonds is 4. The van der Waals surface area contributed by atoms with Gasteiger partial charge in [0.25, 0.3) is 0 Å². The Kier molecular flexibility index (Phi) is 5.57. The zero-order chi connectivity index (χ0) is 17.7. The molecule has 5 nitrogen and oxygen atoms in total. The molecule has 0 aliphatic heterocycles. The Bertz CT molecular complexity index is 716. The van der Waals surface area contributed by atoms with Gasteiger partial charge in [-0.3, -0.25) is 14.6 Å². The summed E-state index contributed by atoms with van der Waals surface area (Å²) in [6.45, 7) is 3.71. The van der Waals surface area contributed by atoms with Gasteiger partial charge in [0.2, 0.25) is 0 Å². The molecule has 1 aromatic carbocycles. The monoisotopic (exact) mass is 333 g/mol. The highest BCUT2D eigenvalue weighted by Gasteiger charge is 2.24. The quantitative estimate of drug-likeness (QED) is 0.845. The van der Waals surface area contributed by atoms with Crippen molar-refractivity contribution in [3.8, 4) is 0 Å². The number of pyridine rings is 1. The van der Waals surface area contributed by atoms with Gasteiger partial charge < -0.3 is 10.6 Å². The largest absolute Gasteiger partial charge is 0.339 e.